The van der Waals surface area contributed by atoms with Gasteiger partial charge < -0.3 is 16.2 Å². The van der Waals surface area contributed by atoms with E-state index in [1.165, 1.54) is 0 Å². The van der Waals surface area contributed by atoms with E-state index in [0.29, 0.717) is 12.8 Å². The molecule has 18 heavy (non-hydrogen) atoms. The van der Waals surface area contributed by atoms with Gasteiger partial charge in [-0.25, -0.2) is 0 Å². The number of phenolic OH excluding ortho intramolecular Hbond substituents is 1. The predicted octanol–water partition coefficient (Wildman–Crippen LogP) is 2.47. The molecule has 1 amide bonds. The zero-order valence-corrected chi connectivity index (χ0v) is 11.5. The van der Waals surface area contributed by atoms with Gasteiger partial charge >= 0.3 is 0 Å². The van der Waals surface area contributed by atoms with Crippen LogP contribution in [0.15, 0.2) is 12.1 Å². The van der Waals surface area contributed by atoms with Crippen LogP contribution in [-0.2, 0) is 4.79 Å². The number of rotatable bonds is 4. The Kier molecular flexibility index (Phi) is 4.35. The first-order valence-electron chi connectivity index (χ1n) is 6.08. The Hall–Kier alpha value is -1.55. The van der Waals surface area contributed by atoms with Crippen LogP contribution in [0.1, 0.15) is 37.8 Å². The van der Waals surface area contributed by atoms with Crippen LogP contribution in [0.3, 0.4) is 0 Å². The fourth-order valence-corrected chi connectivity index (χ4v) is 1.58. The molecule has 100 valence electrons. The number of anilines is 1. The molecule has 0 aromatic heterocycles. The molecule has 0 heterocycles. The maximum atomic E-state index is 11.8. The fraction of sp³-hybridized carbons (Fsp3) is 0.500. The van der Waals surface area contributed by atoms with Gasteiger partial charge in [-0.15, -0.1) is 0 Å². The summed E-state index contributed by atoms with van der Waals surface area (Å²) < 4.78 is 0. The Morgan fingerprint density at radius 3 is 2.50 bits per heavy atom. The van der Waals surface area contributed by atoms with E-state index in [-0.39, 0.29) is 17.2 Å². The Labute approximate surface area is 108 Å². The zero-order valence-electron chi connectivity index (χ0n) is 11.5. The SMILES string of the molecule is Cc1cc(NC(=O)CCC(C)(C)N)c(C)cc1O. The van der Waals surface area contributed by atoms with Crippen LogP contribution in [0.4, 0.5) is 5.69 Å². The molecule has 0 aliphatic rings. The summed E-state index contributed by atoms with van der Waals surface area (Å²) in [6, 6.07) is 3.42. The van der Waals surface area contributed by atoms with Crippen LogP contribution in [0.25, 0.3) is 0 Å². The summed E-state index contributed by atoms with van der Waals surface area (Å²) in [5.74, 6) is 0.190. The van der Waals surface area contributed by atoms with Crippen molar-refractivity contribution in [1.82, 2.24) is 0 Å². The van der Waals surface area contributed by atoms with Crippen LogP contribution < -0.4 is 11.1 Å². The molecule has 1 aromatic rings. The first-order chi connectivity index (χ1) is 8.19. The second-order valence-corrected chi connectivity index (χ2v) is 5.49. The molecule has 0 radical (unpaired) electrons. The number of phenols is 1. The summed E-state index contributed by atoms with van der Waals surface area (Å²) in [6.07, 6.45) is 1.03. The number of benzene rings is 1. The summed E-state index contributed by atoms with van der Waals surface area (Å²) in [6.45, 7) is 7.45. The molecule has 4 nitrogen and oxygen atoms in total. The summed E-state index contributed by atoms with van der Waals surface area (Å²) in [5.41, 5.74) is 7.83. The predicted molar refractivity (Wildman–Crippen MR) is 73.7 cm³/mol. The van der Waals surface area contributed by atoms with Crippen LogP contribution in [0.2, 0.25) is 0 Å². The van der Waals surface area contributed by atoms with Gasteiger partial charge in [-0.2, -0.15) is 0 Å². The maximum absolute atomic E-state index is 11.8. The van der Waals surface area contributed by atoms with E-state index in [1.54, 1.807) is 19.1 Å². The quantitative estimate of drug-likeness (QED) is 0.718. The third-order valence-corrected chi connectivity index (χ3v) is 2.81. The van der Waals surface area contributed by atoms with Crippen molar-refractivity contribution < 1.29 is 9.90 Å². The van der Waals surface area contributed by atoms with Gasteiger partial charge in [-0.3, -0.25) is 4.79 Å². The van der Waals surface area contributed by atoms with Crippen molar-refractivity contribution >= 4 is 11.6 Å². The molecule has 0 unspecified atom stereocenters. The number of carbonyl (C=O) groups excluding carboxylic acids is 1. The average Bonchev–Trinajstić information content (AvgIpc) is 2.22. The fourth-order valence-electron chi connectivity index (χ4n) is 1.58. The molecule has 4 N–H and O–H groups in total. The van der Waals surface area contributed by atoms with E-state index in [0.717, 1.165) is 16.8 Å². The number of carbonyl (C=O) groups is 1. The number of nitrogens with two attached hydrogens (primary N) is 1. The minimum atomic E-state index is -0.336. The highest BCUT2D eigenvalue weighted by Gasteiger charge is 2.14. The Balaban J connectivity index is 2.68. The normalized spacial score (nSPS) is 11.4. The second kappa shape index (κ2) is 5.40. The number of hydrogen-bond donors (Lipinski definition) is 3. The number of nitrogens with one attached hydrogen (secondary N) is 1. The van der Waals surface area contributed by atoms with E-state index < -0.39 is 0 Å². The molecule has 0 fully saturated rings. The van der Waals surface area contributed by atoms with Crippen molar-refractivity contribution in [3.8, 4) is 5.75 Å². The van der Waals surface area contributed by atoms with Crippen molar-refractivity contribution in [2.75, 3.05) is 5.32 Å². The van der Waals surface area contributed by atoms with Gasteiger partial charge in [-0.05, 0) is 57.4 Å². The topological polar surface area (TPSA) is 75.4 Å². The van der Waals surface area contributed by atoms with E-state index in [2.05, 4.69) is 5.32 Å². The molecule has 0 bridgehead atoms. The van der Waals surface area contributed by atoms with E-state index in [1.807, 2.05) is 20.8 Å². The summed E-state index contributed by atoms with van der Waals surface area (Å²) in [5, 5.41) is 12.4. The minimum absolute atomic E-state index is 0.0540. The minimum Gasteiger partial charge on any atom is -0.508 e. The van der Waals surface area contributed by atoms with E-state index in [9.17, 15) is 9.90 Å². The molecular formula is C14H22N2O2. The largest absolute Gasteiger partial charge is 0.508 e. The van der Waals surface area contributed by atoms with Crippen LogP contribution in [0.5, 0.6) is 5.75 Å². The summed E-state index contributed by atoms with van der Waals surface area (Å²) >= 11 is 0. The van der Waals surface area contributed by atoms with Gasteiger partial charge in [-0.1, -0.05) is 0 Å². The first kappa shape index (κ1) is 14.5. The van der Waals surface area contributed by atoms with Crippen LogP contribution in [-0.4, -0.2) is 16.6 Å². The zero-order chi connectivity index (χ0) is 13.9. The van der Waals surface area contributed by atoms with Crippen molar-refractivity contribution in [3.63, 3.8) is 0 Å². The number of aromatic hydroxyl groups is 1. The van der Waals surface area contributed by atoms with Crippen LogP contribution >= 0.6 is 0 Å². The Bertz CT molecular complexity index is 448. The number of aryl methyl sites for hydroxylation is 2. The lowest BCUT2D eigenvalue weighted by Crippen LogP contribution is -2.33. The van der Waals surface area contributed by atoms with E-state index >= 15 is 0 Å². The Morgan fingerprint density at radius 2 is 1.94 bits per heavy atom. The van der Waals surface area contributed by atoms with Gasteiger partial charge in [0.1, 0.15) is 5.75 Å². The van der Waals surface area contributed by atoms with Crippen molar-refractivity contribution in [3.05, 3.63) is 23.3 Å². The van der Waals surface area contributed by atoms with Gasteiger partial charge in [0.25, 0.3) is 0 Å². The van der Waals surface area contributed by atoms with E-state index in [4.69, 9.17) is 5.73 Å². The molecule has 0 saturated carbocycles. The molecule has 1 aromatic carbocycles. The highest BCUT2D eigenvalue weighted by atomic mass is 16.3. The third kappa shape index (κ3) is 4.37. The standard InChI is InChI=1S/C14H22N2O2/c1-9-8-12(17)10(2)7-11(9)16-13(18)5-6-14(3,4)15/h7-8,17H,5-6,15H2,1-4H3,(H,16,18). The van der Waals surface area contributed by atoms with Crippen molar-refractivity contribution in [2.24, 2.45) is 5.73 Å². The average molecular weight is 250 g/mol. The van der Waals surface area contributed by atoms with Gasteiger partial charge in [0, 0.05) is 17.6 Å². The monoisotopic (exact) mass is 250 g/mol. The molecule has 4 heteroatoms. The molecule has 0 aliphatic carbocycles. The third-order valence-electron chi connectivity index (χ3n) is 2.81. The number of hydrogen-bond acceptors (Lipinski definition) is 3. The van der Waals surface area contributed by atoms with Gasteiger partial charge in [0.15, 0.2) is 0 Å². The smallest absolute Gasteiger partial charge is 0.224 e. The van der Waals surface area contributed by atoms with Crippen molar-refractivity contribution in [2.45, 2.75) is 46.1 Å². The highest BCUT2D eigenvalue weighted by Crippen LogP contribution is 2.25. The second-order valence-electron chi connectivity index (χ2n) is 5.49. The summed E-state index contributed by atoms with van der Waals surface area (Å²) in [4.78, 5) is 11.8. The van der Waals surface area contributed by atoms with Gasteiger partial charge in [0.05, 0.1) is 0 Å². The maximum Gasteiger partial charge on any atom is 0.224 e. The molecule has 0 saturated heterocycles. The first-order valence-corrected chi connectivity index (χ1v) is 6.08. The van der Waals surface area contributed by atoms with Crippen molar-refractivity contribution in [1.29, 1.82) is 0 Å². The molecule has 1 rings (SSSR count). The molecular weight excluding hydrogens is 228 g/mol. The summed E-state index contributed by atoms with van der Waals surface area (Å²) in [7, 11) is 0. The lowest BCUT2D eigenvalue weighted by molar-refractivity contribution is -0.116. The molecule has 0 spiro atoms. The number of amides is 1. The highest BCUT2D eigenvalue weighted by molar-refractivity contribution is 5.91. The Morgan fingerprint density at radius 1 is 1.33 bits per heavy atom. The molecule has 0 aliphatic heterocycles. The van der Waals surface area contributed by atoms with Crippen LogP contribution in [0, 0.1) is 13.8 Å². The lowest BCUT2D eigenvalue weighted by atomic mass is 10.00. The lowest BCUT2D eigenvalue weighted by Gasteiger charge is -2.18. The molecule has 0 atom stereocenters. The van der Waals surface area contributed by atoms with Gasteiger partial charge in [0.2, 0.25) is 5.91 Å².